The number of fused-ring (bicyclic) bond motifs is 1. The minimum Gasteiger partial charge on any atom is -0.378 e. The van der Waals surface area contributed by atoms with E-state index in [1.807, 2.05) is 24.3 Å². The van der Waals surface area contributed by atoms with Crippen molar-refractivity contribution in [3.63, 3.8) is 0 Å². The molecule has 1 N–H and O–H groups in total. The highest BCUT2D eigenvalue weighted by Crippen LogP contribution is 2.20. The molecule has 0 unspecified atom stereocenters. The molecule has 1 fully saturated rings. The molecule has 1 aliphatic carbocycles. The third-order valence-corrected chi connectivity index (χ3v) is 4.26. The lowest BCUT2D eigenvalue weighted by atomic mass is 9.98. The third-order valence-electron chi connectivity index (χ3n) is 4.26. The second-order valence-electron chi connectivity index (χ2n) is 6.07. The predicted octanol–water partition coefficient (Wildman–Crippen LogP) is 2.29. The molecule has 0 radical (unpaired) electrons. The van der Waals surface area contributed by atoms with Gasteiger partial charge in [-0.05, 0) is 31.4 Å². The van der Waals surface area contributed by atoms with Crippen LogP contribution >= 0.6 is 0 Å². The first-order chi connectivity index (χ1) is 11.3. The summed E-state index contributed by atoms with van der Waals surface area (Å²) in [6.07, 6.45) is 7.56. The van der Waals surface area contributed by atoms with Gasteiger partial charge in [-0.1, -0.05) is 36.6 Å². The van der Waals surface area contributed by atoms with Crippen LogP contribution in [-0.4, -0.2) is 40.2 Å². The standard InChI is InChI=1S/C17H24N4O2/c22-17(13-21-16-10-5-4-9-15(16)19-20-21)18-11-6-12-23-14-7-2-1-3-8-14/h4-5,9-10,14H,1-3,6-8,11-13H2,(H,18,22). The Morgan fingerprint density at radius 2 is 2.09 bits per heavy atom. The van der Waals surface area contributed by atoms with Crippen LogP contribution in [0.4, 0.5) is 0 Å². The van der Waals surface area contributed by atoms with Crippen LogP contribution in [0.3, 0.4) is 0 Å². The fraction of sp³-hybridized carbons (Fsp3) is 0.588. The van der Waals surface area contributed by atoms with Crippen molar-refractivity contribution in [3.8, 4) is 0 Å². The minimum atomic E-state index is -0.0432. The van der Waals surface area contributed by atoms with Gasteiger partial charge in [-0.2, -0.15) is 0 Å². The number of benzene rings is 1. The number of hydrogen-bond acceptors (Lipinski definition) is 4. The van der Waals surface area contributed by atoms with Crippen LogP contribution in [0.1, 0.15) is 38.5 Å². The molecule has 23 heavy (non-hydrogen) atoms. The molecule has 3 rings (SSSR count). The normalized spacial score (nSPS) is 15.8. The number of nitrogens with one attached hydrogen (secondary N) is 1. The van der Waals surface area contributed by atoms with Gasteiger partial charge in [-0.3, -0.25) is 4.79 Å². The Morgan fingerprint density at radius 3 is 2.96 bits per heavy atom. The van der Waals surface area contributed by atoms with Gasteiger partial charge < -0.3 is 10.1 Å². The molecule has 1 heterocycles. The minimum absolute atomic E-state index is 0.0432. The Bertz CT molecular complexity index is 634. The van der Waals surface area contributed by atoms with Gasteiger partial charge in [-0.15, -0.1) is 5.10 Å². The van der Waals surface area contributed by atoms with Crippen molar-refractivity contribution in [3.05, 3.63) is 24.3 Å². The summed E-state index contributed by atoms with van der Waals surface area (Å²) in [6.45, 7) is 1.55. The van der Waals surface area contributed by atoms with Crippen LogP contribution < -0.4 is 5.32 Å². The van der Waals surface area contributed by atoms with Gasteiger partial charge in [0, 0.05) is 13.2 Å². The smallest absolute Gasteiger partial charge is 0.241 e. The van der Waals surface area contributed by atoms with Gasteiger partial charge in [0.05, 0.1) is 11.6 Å². The molecule has 124 valence electrons. The largest absolute Gasteiger partial charge is 0.378 e. The van der Waals surface area contributed by atoms with Crippen LogP contribution in [0.25, 0.3) is 11.0 Å². The molecule has 0 aliphatic heterocycles. The van der Waals surface area contributed by atoms with E-state index in [1.54, 1.807) is 4.68 Å². The highest BCUT2D eigenvalue weighted by atomic mass is 16.5. The summed E-state index contributed by atoms with van der Waals surface area (Å²) in [4.78, 5) is 12.0. The number of ether oxygens (including phenoxy) is 1. The van der Waals surface area contributed by atoms with Crippen LogP contribution in [0.2, 0.25) is 0 Å². The van der Waals surface area contributed by atoms with Crippen molar-refractivity contribution in [2.45, 2.75) is 51.2 Å². The average Bonchev–Trinajstić information content (AvgIpc) is 2.99. The van der Waals surface area contributed by atoms with Crippen molar-refractivity contribution >= 4 is 16.9 Å². The number of para-hydroxylation sites is 1. The SMILES string of the molecule is O=C(Cn1nnc2ccccc21)NCCCOC1CCCCC1. The summed E-state index contributed by atoms with van der Waals surface area (Å²) >= 11 is 0. The van der Waals surface area contributed by atoms with Crippen molar-refractivity contribution in [1.82, 2.24) is 20.3 Å². The molecule has 0 bridgehead atoms. The number of aromatic nitrogens is 3. The Labute approximate surface area is 136 Å². The van der Waals surface area contributed by atoms with Crippen LogP contribution in [-0.2, 0) is 16.1 Å². The second-order valence-corrected chi connectivity index (χ2v) is 6.07. The maximum absolute atomic E-state index is 12.0. The molecule has 1 saturated carbocycles. The first-order valence-electron chi connectivity index (χ1n) is 8.49. The van der Waals surface area contributed by atoms with E-state index in [4.69, 9.17) is 4.74 Å². The zero-order valence-corrected chi connectivity index (χ0v) is 13.4. The van der Waals surface area contributed by atoms with E-state index in [-0.39, 0.29) is 12.5 Å². The number of hydrogen-bond donors (Lipinski definition) is 1. The second kappa shape index (κ2) is 8.06. The van der Waals surface area contributed by atoms with Crippen molar-refractivity contribution in [1.29, 1.82) is 0 Å². The summed E-state index contributed by atoms with van der Waals surface area (Å²) in [7, 11) is 0. The zero-order chi connectivity index (χ0) is 15.9. The number of nitrogens with zero attached hydrogens (tertiary/aromatic N) is 3. The van der Waals surface area contributed by atoms with Crippen molar-refractivity contribution in [2.75, 3.05) is 13.2 Å². The van der Waals surface area contributed by atoms with Crippen LogP contribution in [0.5, 0.6) is 0 Å². The Morgan fingerprint density at radius 1 is 1.26 bits per heavy atom. The van der Waals surface area contributed by atoms with E-state index >= 15 is 0 Å². The van der Waals surface area contributed by atoms with Gasteiger partial charge in [0.15, 0.2) is 0 Å². The first-order valence-corrected chi connectivity index (χ1v) is 8.49. The molecule has 6 nitrogen and oxygen atoms in total. The average molecular weight is 316 g/mol. The summed E-state index contributed by atoms with van der Waals surface area (Å²) in [5, 5.41) is 11.0. The molecule has 1 aliphatic rings. The summed E-state index contributed by atoms with van der Waals surface area (Å²) < 4.78 is 7.48. The molecular weight excluding hydrogens is 292 g/mol. The molecule has 1 amide bonds. The van der Waals surface area contributed by atoms with E-state index in [9.17, 15) is 4.79 Å². The molecule has 1 aromatic carbocycles. The van der Waals surface area contributed by atoms with Gasteiger partial charge in [0.25, 0.3) is 0 Å². The molecule has 2 aromatic rings. The third kappa shape index (κ3) is 4.51. The molecule has 0 atom stereocenters. The maximum atomic E-state index is 12.0. The number of rotatable bonds is 7. The van der Waals surface area contributed by atoms with E-state index in [1.165, 1.54) is 32.1 Å². The topological polar surface area (TPSA) is 69.0 Å². The molecule has 1 aromatic heterocycles. The number of carbonyl (C=O) groups excluding carboxylic acids is 1. The van der Waals surface area contributed by atoms with Gasteiger partial charge in [0.1, 0.15) is 12.1 Å². The molecule has 6 heteroatoms. The van der Waals surface area contributed by atoms with Crippen molar-refractivity contribution in [2.24, 2.45) is 0 Å². The lowest BCUT2D eigenvalue weighted by Crippen LogP contribution is -2.29. The van der Waals surface area contributed by atoms with Gasteiger partial charge >= 0.3 is 0 Å². The lowest BCUT2D eigenvalue weighted by Gasteiger charge is -2.21. The van der Waals surface area contributed by atoms with Gasteiger partial charge in [0.2, 0.25) is 5.91 Å². The van der Waals surface area contributed by atoms with Gasteiger partial charge in [-0.25, -0.2) is 4.68 Å². The highest BCUT2D eigenvalue weighted by molar-refractivity contribution is 5.79. The Hall–Kier alpha value is -1.95. The molecule has 0 saturated heterocycles. The lowest BCUT2D eigenvalue weighted by molar-refractivity contribution is -0.121. The summed E-state index contributed by atoms with van der Waals surface area (Å²) in [5.74, 6) is -0.0432. The first kappa shape index (κ1) is 15.9. The molecule has 0 spiro atoms. The summed E-state index contributed by atoms with van der Waals surface area (Å²) in [6, 6.07) is 7.64. The predicted molar refractivity (Wildman–Crippen MR) is 88.0 cm³/mol. The van der Waals surface area contributed by atoms with Crippen LogP contribution in [0.15, 0.2) is 24.3 Å². The highest BCUT2D eigenvalue weighted by Gasteiger charge is 2.13. The van der Waals surface area contributed by atoms with E-state index < -0.39 is 0 Å². The summed E-state index contributed by atoms with van der Waals surface area (Å²) in [5.41, 5.74) is 1.68. The zero-order valence-electron chi connectivity index (χ0n) is 13.4. The Kier molecular flexibility index (Phi) is 5.58. The quantitative estimate of drug-likeness (QED) is 0.796. The Balaban J connectivity index is 1.35. The fourth-order valence-corrected chi connectivity index (χ4v) is 3.01. The monoisotopic (exact) mass is 316 g/mol. The number of amides is 1. The van der Waals surface area contributed by atoms with E-state index in [2.05, 4.69) is 15.6 Å². The van der Waals surface area contributed by atoms with E-state index in [0.29, 0.717) is 12.6 Å². The van der Waals surface area contributed by atoms with Crippen LogP contribution in [0, 0.1) is 0 Å². The number of carbonyl (C=O) groups is 1. The molecular formula is C17H24N4O2. The van der Waals surface area contributed by atoms with E-state index in [0.717, 1.165) is 24.1 Å². The maximum Gasteiger partial charge on any atom is 0.241 e. The van der Waals surface area contributed by atoms with Crippen molar-refractivity contribution < 1.29 is 9.53 Å². The fourth-order valence-electron chi connectivity index (χ4n) is 3.01.